The van der Waals surface area contributed by atoms with Crippen LogP contribution in [0.25, 0.3) is 0 Å². The standard InChI is InChI=1S/C15H20N4OS/c1-4-11(5-2)14-17-18-15(21)19(14)16-10-12-8-6-7-9-13(12)20-3/h6-11H,4-5H2,1-3H3,(H,18,21)/b16-10-. The van der Waals surface area contributed by atoms with E-state index >= 15 is 0 Å². The lowest BCUT2D eigenvalue weighted by Gasteiger charge is -2.10. The molecule has 0 aliphatic heterocycles. The van der Waals surface area contributed by atoms with Gasteiger partial charge in [0.25, 0.3) is 0 Å². The van der Waals surface area contributed by atoms with Crippen LogP contribution in [0.5, 0.6) is 5.75 Å². The monoisotopic (exact) mass is 304 g/mol. The zero-order valence-electron chi connectivity index (χ0n) is 12.5. The number of aromatic nitrogens is 3. The number of ether oxygens (including phenoxy) is 1. The van der Waals surface area contributed by atoms with Gasteiger partial charge in [-0.25, -0.2) is 0 Å². The number of hydrogen-bond donors (Lipinski definition) is 1. The summed E-state index contributed by atoms with van der Waals surface area (Å²) in [6.45, 7) is 4.28. The van der Waals surface area contributed by atoms with Gasteiger partial charge < -0.3 is 4.74 Å². The van der Waals surface area contributed by atoms with Gasteiger partial charge in [-0.15, -0.1) is 0 Å². The Balaban J connectivity index is 2.37. The first-order valence-electron chi connectivity index (χ1n) is 7.05. The van der Waals surface area contributed by atoms with E-state index in [0.717, 1.165) is 30.0 Å². The first-order valence-corrected chi connectivity index (χ1v) is 7.46. The summed E-state index contributed by atoms with van der Waals surface area (Å²) < 4.78 is 7.51. The van der Waals surface area contributed by atoms with Gasteiger partial charge in [-0.3, -0.25) is 5.10 Å². The van der Waals surface area contributed by atoms with Crippen molar-refractivity contribution in [1.82, 2.24) is 14.9 Å². The summed E-state index contributed by atoms with van der Waals surface area (Å²) in [5.41, 5.74) is 0.901. The second kappa shape index (κ2) is 7.17. The molecule has 0 atom stereocenters. The minimum Gasteiger partial charge on any atom is -0.496 e. The van der Waals surface area contributed by atoms with Crippen LogP contribution >= 0.6 is 12.2 Å². The summed E-state index contributed by atoms with van der Waals surface area (Å²) in [4.78, 5) is 0. The van der Waals surface area contributed by atoms with Crippen molar-refractivity contribution in [1.29, 1.82) is 0 Å². The lowest BCUT2D eigenvalue weighted by atomic mass is 10.0. The maximum Gasteiger partial charge on any atom is 0.216 e. The number of para-hydroxylation sites is 1. The van der Waals surface area contributed by atoms with Crippen LogP contribution in [0.2, 0.25) is 0 Å². The third-order valence-electron chi connectivity index (χ3n) is 3.48. The quantitative estimate of drug-likeness (QED) is 0.653. The van der Waals surface area contributed by atoms with Gasteiger partial charge in [-0.2, -0.15) is 14.9 Å². The van der Waals surface area contributed by atoms with Gasteiger partial charge in [0.15, 0.2) is 5.82 Å². The normalized spacial score (nSPS) is 11.4. The van der Waals surface area contributed by atoms with E-state index in [9.17, 15) is 0 Å². The van der Waals surface area contributed by atoms with Gasteiger partial charge in [-0.05, 0) is 37.2 Å². The van der Waals surface area contributed by atoms with Crippen LogP contribution in [0.15, 0.2) is 29.4 Å². The molecule has 0 bridgehead atoms. The molecule has 1 aromatic carbocycles. The maximum atomic E-state index is 5.32. The second-order valence-electron chi connectivity index (χ2n) is 4.70. The molecule has 1 N–H and O–H groups in total. The zero-order valence-corrected chi connectivity index (χ0v) is 13.4. The highest BCUT2D eigenvalue weighted by Gasteiger charge is 2.15. The molecule has 21 heavy (non-hydrogen) atoms. The number of nitrogens with one attached hydrogen (secondary N) is 1. The number of benzene rings is 1. The Kier molecular flexibility index (Phi) is 5.27. The molecule has 5 nitrogen and oxygen atoms in total. The molecule has 6 heteroatoms. The second-order valence-corrected chi connectivity index (χ2v) is 5.09. The first kappa shape index (κ1) is 15.4. The van der Waals surface area contributed by atoms with Gasteiger partial charge >= 0.3 is 0 Å². The Morgan fingerprint density at radius 2 is 2.10 bits per heavy atom. The van der Waals surface area contributed by atoms with Crippen molar-refractivity contribution in [3.05, 3.63) is 40.4 Å². The molecule has 112 valence electrons. The van der Waals surface area contributed by atoms with E-state index in [2.05, 4.69) is 29.1 Å². The summed E-state index contributed by atoms with van der Waals surface area (Å²) in [6.07, 6.45) is 3.75. The summed E-state index contributed by atoms with van der Waals surface area (Å²) in [7, 11) is 1.64. The number of H-pyrrole nitrogens is 1. The van der Waals surface area contributed by atoms with Crippen LogP contribution in [-0.2, 0) is 0 Å². The molecule has 2 aromatic rings. The lowest BCUT2D eigenvalue weighted by molar-refractivity contribution is 0.414. The van der Waals surface area contributed by atoms with Crippen LogP contribution < -0.4 is 4.74 Å². The smallest absolute Gasteiger partial charge is 0.216 e. The van der Waals surface area contributed by atoms with Crippen molar-refractivity contribution >= 4 is 18.4 Å². The highest BCUT2D eigenvalue weighted by atomic mass is 32.1. The molecule has 0 aliphatic rings. The molecular weight excluding hydrogens is 284 g/mol. The minimum absolute atomic E-state index is 0.341. The van der Waals surface area contributed by atoms with Gasteiger partial charge in [0.05, 0.1) is 13.3 Å². The number of aromatic amines is 1. The topological polar surface area (TPSA) is 55.2 Å². The van der Waals surface area contributed by atoms with E-state index in [1.165, 1.54) is 0 Å². The van der Waals surface area contributed by atoms with Crippen molar-refractivity contribution < 1.29 is 4.74 Å². The van der Waals surface area contributed by atoms with Gasteiger partial charge in [-0.1, -0.05) is 26.0 Å². The molecule has 0 fully saturated rings. The van der Waals surface area contributed by atoms with Crippen molar-refractivity contribution in [2.24, 2.45) is 5.10 Å². The summed E-state index contributed by atoms with van der Waals surface area (Å²) >= 11 is 5.26. The van der Waals surface area contributed by atoms with Crippen molar-refractivity contribution in [2.75, 3.05) is 7.11 Å². The maximum absolute atomic E-state index is 5.32. The molecule has 0 unspecified atom stereocenters. The number of methoxy groups -OCH3 is 1. The van der Waals surface area contributed by atoms with E-state index in [4.69, 9.17) is 17.0 Å². The summed E-state index contributed by atoms with van der Waals surface area (Å²) in [5.74, 6) is 1.99. The molecular formula is C15H20N4OS. The predicted octanol–water partition coefficient (Wildman–Crippen LogP) is 3.74. The fourth-order valence-corrected chi connectivity index (χ4v) is 2.41. The van der Waals surface area contributed by atoms with Crippen molar-refractivity contribution in [3.8, 4) is 5.75 Å². The van der Waals surface area contributed by atoms with E-state index in [0.29, 0.717) is 10.7 Å². The number of rotatable bonds is 6. The zero-order chi connectivity index (χ0) is 15.2. The highest BCUT2D eigenvalue weighted by molar-refractivity contribution is 7.71. The van der Waals surface area contributed by atoms with Crippen LogP contribution in [0.1, 0.15) is 44.0 Å². The predicted molar refractivity (Wildman–Crippen MR) is 86.7 cm³/mol. The van der Waals surface area contributed by atoms with Crippen molar-refractivity contribution in [2.45, 2.75) is 32.6 Å². The van der Waals surface area contributed by atoms with Crippen LogP contribution in [0.3, 0.4) is 0 Å². The third kappa shape index (κ3) is 3.39. The van der Waals surface area contributed by atoms with E-state index in [1.807, 2.05) is 24.3 Å². The van der Waals surface area contributed by atoms with Crippen molar-refractivity contribution in [3.63, 3.8) is 0 Å². The van der Waals surface area contributed by atoms with Gasteiger partial charge in [0.2, 0.25) is 4.77 Å². The number of nitrogens with zero attached hydrogens (tertiary/aromatic N) is 3. The Bertz CT molecular complexity index is 670. The summed E-state index contributed by atoms with van der Waals surface area (Å²) in [6, 6.07) is 7.72. The molecule has 1 aromatic heterocycles. The Hall–Kier alpha value is -1.95. The van der Waals surface area contributed by atoms with Gasteiger partial charge in [0.1, 0.15) is 5.75 Å². The molecule has 0 aliphatic carbocycles. The van der Waals surface area contributed by atoms with Crippen LogP contribution in [0, 0.1) is 4.77 Å². The Morgan fingerprint density at radius 1 is 1.38 bits per heavy atom. The molecule has 0 saturated carbocycles. The van der Waals surface area contributed by atoms with E-state index in [1.54, 1.807) is 18.0 Å². The summed E-state index contributed by atoms with van der Waals surface area (Å²) in [5, 5.41) is 11.6. The van der Waals surface area contributed by atoms with E-state index in [-0.39, 0.29) is 0 Å². The Labute approximate surface area is 129 Å². The van der Waals surface area contributed by atoms with Crippen LogP contribution in [0.4, 0.5) is 0 Å². The fraction of sp³-hybridized carbons (Fsp3) is 0.400. The SMILES string of the molecule is CCC(CC)c1n[nH]c(=S)n1/N=C\c1ccccc1OC. The van der Waals surface area contributed by atoms with Crippen LogP contribution in [-0.4, -0.2) is 28.2 Å². The molecule has 0 amide bonds. The minimum atomic E-state index is 0.341. The lowest BCUT2D eigenvalue weighted by Crippen LogP contribution is -2.05. The molecule has 0 radical (unpaired) electrons. The first-order chi connectivity index (χ1) is 10.2. The highest BCUT2D eigenvalue weighted by Crippen LogP contribution is 2.21. The largest absolute Gasteiger partial charge is 0.496 e. The van der Waals surface area contributed by atoms with Gasteiger partial charge in [0, 0.05) is 11.5 Å². The number of hydrogen-bond acceptors (Lipinski definition) is 4. The molecule has 2 rings (SSSR count). The average Bonchev–Trinajstić information content (AvgIpc) is 2.88. The third-order valence-corrected chi connectivity index (χ3v) is 3.74. The van der Waals surface area contributed by atoms with E-state index < -0.39 is 0 Å². The molecule has 1 heterocycles. The molecule has 0 spiro atoms. The average molecular weight is 304 g/mol. The fourth-order valence-electron chi connectivity index (χ4n) is 2.23. The molecule has 0 saturated heterocycles. The Morgan fingerprint density at radius 3 is 2.76 bits per heavy atom.